The molecule has 112 valence electrons. The van der Waals surface area contributed by atoms with Crippen LogP contribution in [0.25, 0.3) is 6.08 Å². The van der Waals surface area contributed by atoms with E-state index in [1.165, 1.54) is 19.3 Å². The van der Waals surface area contributed by atoms with Gasteiger partial charge in [0.1, 0.15) is 0 Å². The summed E-state index contributed by atoms with van der Waals surface area (Å²) >= 11 is 0. The molecule has 4 bridgehead atoms. The van der Waals surface area contributed by atoms with Crippen molar-refractivity contribution in [2.45, 2.75) is 45.4 Å². The Labute approximate surface area is 126 Å². The highest BCUT2D eigenvalue weighted by Crippen LogP contribution is 2.60. The van der Waals surface area contributed by atoms with E-state index in [1.807, 2.05) is 36.9 Å². The molecular weight excluding hydrogens is 260 g/mol. The molecule has 0 N–H and O–H groups in total. The first kappa shape index (κ1) is 13.3. The number of hydrogen-bond donors (Lipinski definition) is 0. The second-order valence-electron chi connectivity index (χ2n) is 7.73. The van der Waals surface area contributed by atoms with Gasteiger partial charge in [-0.15, -0.1) is 0 Å². The Morgan fingerprint density at radius 1 is 1.24 bits per heavy atom. The van der Waals surface area contributed by atoms with Gasteiger partial charge < -0.3 is 0 Å². The minimum absolute atomic E-state index is 0.0188. The van der Waals surface area contributed by atoms with Gasteiger partial charge in [-0.3, -0.25) is 9.48 Å². The lowest BCUT2D eigenvalue weighted by Crippen LogP contribution is -2.49. The van der Waals surface area contributed by atoms with Gasteiger partial charge >= 0.3 is 0 Å². The molecule has 4 fully saturated rings. The standard InChI is InChI=1S/C18H24N2O/c1-12-5-16(19-20(12)2)3-4-17(21)18-9-13-6-14(10-18)8-15(7-13)11-18/h3-5,13-15H,6-11H2,1-2H3/b4-3+. The molecule has 0 unspecified atom stereocenters. The Morgan fingerprint density at radius 3 is 2.29 bits per heavy atom. The lowest BCUT2D eigenvalue weighted by Gasteiger charge is -2.55. The molecule has 0 saturated heterocycles. The number of rotatable bonds is 3. The number of hydrogen-bond acceptors (Lipinski definition) is 2. The Bertz CT molecular complexity index is 556. The van der Waals surface area contributed by atoms with Crippen molar-refractivity contribution in [1.82, 2.24) is 9.78 Å². The number of aryl methyl sites for hydroxylation is 2. The lowest BCUT2D eigenvalue weighted by molar-refractivity contribution is -0.138. The van der Waals surface area contributed by atoms with Crippen molar-refractivity contribution in [2.75, 3.05) is 0 Å². The second-order valence-corrected chi connectivity index (χ2v) is 7.73. The highest BCUT2D eigenvalue weighted by molar-refractivity contribution is 5.98. The molecule has 4 aliphatic carbocycles. The summed E-state index contributed by atoms with van der Waals surface area (Å²) in [5.74, 6) is 2.84. The molecule has 0 aliphatic heterocycles. The van der Waals surface area contributed by atoms with Gasteiger partial charge in [0, 0.05) is 18.2 Å². The van der Waals surface area contributed by atoms with Gasteiger partial charge in [0.2, 0.25) is 0 Å². The molecule has 5 rings (SSSR count). The van der Waals surface area contributed by atoms with E-state index in [1.54, 1.807) is 0 Å². The van der Waals surface area contributed by atoms with Crippen LogP contribution in [-0.2, 0) is 11.8 Å². The van der Waals surface area contributed by atoms with Crippen LogP contribution in [0.1, 0.15) is 49.9 Å². The Balaban J connectivity index is 1.54. The summed E-state index contributed by atoms with van der Waals surface area (Å²) in [5.41, 5.74) is 2.00. The van der Waals surface area contributed by atoms with Gasteiger partial charge in [-0.2, -0.15) is 5.10 Å². The topological polar surface area (TPSA) is 34.9 Å². The monoisotopic (exact) mass is 284 g/mol. The number of aromatic nitrogens is 2. The number of carbonyl (C=O) groups excluding carboxylic acids is 1. The number of nitrogens with zero attached hydrogens (tertiary/aromatic N) is 2. The molecule has 0 radical (unpaired) electrons. The first-order chi connectivity index (χ1) is 10.0. The van der Waals surface area contributed by atoms with Crippen LogP contribution in [0.15, 0.2) is 12.1 Å². The van der Waals surface area contributed by atoms with Crippen molar-refractivity contribution in [2.24, 2.45) is 30.2 Å². The van der Waals surface area contributed by atoms with Crippen LogP contribution in [0.5, 0.6) is 0 Å². The van der Waals surface area contributed by atoms with Crippen LogP contribution >= 0.6 is 0 Å². The summed E-state index contributed by atoms with van der Waals surface area (Å²) in [5, 5.41) is 4.41. The minimum atomic E-state index is -0.0188. The SMILES string of the molecule is Cc1cc(/C=C/C(=O)C23CC4CC(CC(C4)C2)C3)nn1C. The van der Waals surface area contributed by atoms with E-state index in [0.29, 0.717) is 5.78 Å². The van der Waals surface area contributed by atoms with Crippen molar-refractivity contribution in [3.63, 3.8) is 0 Å². The fourth-order valence-corrected chi connectivity index (χ4v) is 5.42. The maximum Gasteiger partial charge on any atom is 0.161 e. The maximum atomic E-state index is 12.8. The number of allylic oxidation sites excluding steroid dienone is 1. The molecule has 0 amide bonds. The Morgan fingerprint density at radius 2 is 1.81 bits per heavy atom. The van der Waals surface area contributed by atoms with Gasteiger partial charge in [-0.1, -0.05) is 0 Å². The third-order valence-electron chi connectivity index (χ3n) is 6.10. The predicted molar refractivity (Wildman–Crippen MR) is 82.6 cm³/mol. The summed E-state index contributed by atoms with van der Waals surface area (Å²) in [6.07, 6.45) is 11.3. The first-order valence-corrected chi connectivity index (χ1v) is 8.27. The predicted octanol–water partition coefficient (Wildman–Crippen LogP) is 3.53. The van der Waals surface area contributed by atoms with Gasteiger partial charge in [0.25, 0.3) is 0 Å². The van der Waals surface area contributed by atoms with Gasteiger partial charge in [0.05, 0.1) is 5.69 Å². The van der Waals surface area contributed by atoms with E-state index in [4.69, 9.17) is 0 Å². The van der Waals surface area contributed by atoms with Gasteiger partial charge in [-0.25, -0.2) is 0 Å². The van der Waals surface area contributed by atoms with Gasteiger partial charge in [0.15, 0.2) is 5.78 Å². The van der Waals surface area contributed by atoms with Crippen LogP contribution in [-0.4, -0.2) is 15.6 Å². The van der Waals surface area contributed by atoms with E-state index in [0.717, 1.165) is 48.4 Å². The summed E-state index contributed by atoms with van der Waals surface area (Å²) in [4.78, 5) is 12.8. The molecule has 0 atom stereocenters. The average Bonchev–Trinajstić information content (AvgIpc) is 2.73. The van der Waals surface area contributed by atoms with E-state index in [-0.39, 0.29) is 5.41 Å². The van der Waals surface area contributed by atoms with Crippen molar-refractivity contribution in [3.05, 3.63) is 23.5 Å². The number of carbonyl (C=O) groups is 1. The van der Waals surface area contributed by atoms with Crippen LogP contribution in [0, 0.1) is 30.1 Å². The summed E-state index contributed by atoms with van der Waals surface area (Å²) in [7, 11) is 1.94. The maximum absolute atomic E-state index is 12.8. The van der Waals surface area contributed by atoms with Crippen LogP contribution in [0.3, 0.4) is 0 Å². The minimum Gasteiger partial charge on any atom is -0.294 e. The fourth-order valence-electron chi connectivity index (χ4n) is 5.42. The smallest absolute Gasteiger partial charge is 0.161 e. The molecule has 0 spiro atoms. The fraction of sp³-hybridized carbons (Fsp3) is 0.667. The molecule has 4 saturated carbocycles. The third kappa shape index (κ3) is 2.18. The van der Waals surface area contributed by atoms with Gasteiger partial charge in [-0.05, 0) is 81.4 Å². The molecule has 4 aliphatic rings. The molecule has 0 aromatic carbocycles. The zero-order valence-electron chi connectivity index (χ0n) is 13.0. The first-order valence-electron chi connectivity index (χ1n) is 8.27. The molecule has 3 heteroatoms. The van der Waals surface area contributed by atoms with E-state index in [9.17, 15) is 4.79 Å². The van der Waals surface area contributed by atoms with Crippen molar-refractivity contribution < 1.29 is 4.79 Å². The molecule has 1 aromatic heterocycles. The lowest BCUT2D eigenvalue weighted by atomic mass is 9.48. The molecule has 1 heterocycles. The number of ketones is 1. The largest absolute Gasteiger partial charge is 0.294 e. The molecular formula is C18H24N2O. The zero-order valence-corrected chi connectivity index (χ0v) is 13.0. The molecule has 21 heavy (non-hydrogen) atoms. The van der Waals surface area contributed by atoms with Crippen LogP contribution < -0.4 is 0 Å². The Hall–Kier alpha value is -1.38. The highest BCUT2D eigenvalue weighted by Gasteiger charge is 2.53. The third-order valence-corrected chi connectivity index (χ3v) is 6.10. The quantitative estimate of drug-likeness (QED) is 0.796. The average molecular weight is 284 g/mol. The van der Waals surface area contributed by atoms with Crippen LogP contribution in [0.2, 0.25) is 0 Å². The van der Waals surface area contributed by atoms with E-state index in [2.05, 4.69) is 5.10 Å². The van der Waals surface area contributed by atoms with Crippen molar-refractivity contribution >= 4 is 11.9 Å². The molecule has 1 aromatic rings. The summed E-state index contributed by atoms with van der Waals surface area (Å²) in [6, 6.07) is 2.03. The Kier molecular flexibility index (Phi) is 2.88. The van der Waals surface area contributed by atoms with E-state index < -0.39 is 0 Å². The van der Waals surface area contributed by atoms with Crippen molar-refractivity contribution in [3.8, 4) is 0 Å². The summed E-state index contributed by atoms with van der Waals surface area (Å²) in [6.45, 7) is 2.03. The summed E-state index contributed by atoms with van der Waals surface area (Å²) < 4.78 is 1.86. The van der Waals surface area contributed by atoms with Crippen molar-refractivity contribution in [1.29, 1.82) is 0 Å². The normalized spacial score (nSPS) is 37.5. The molecule has 3 nitrogen and oxygen atoms in total. The second kappa shape index (κ2) is 4.56. The van der Waals surface area contributed by atoms with E-state index >= 15 is 0 Å². The van der Waals surface area contributed by atoms with Crippen LogP contribution in [0.4, 0.5) is 0 Å². The highest BCUT2D eigenvalue weighted by atomic mass is 16.1. The zero-order chi connectivity index (χ0) is 14.6.